The molecule has 32 heavy (non-hydrogen) atoms. The highest BCUT2D eigenvalue weighted by Crippen LogP contribution is 2.67. The number of amides is 1. The molecule has 5 nitrogen and oxygen atoms in total. The van der Waals surface area contributed by atoms with E-state index in [-0.39, 0.29) is 17.4 Å². The molecule has 4 saturated carbocycles. The maximum Gasteiger partial charge on any atom is 0.271 e. The van der Waals surface area contributed by atoms with E-state index in [1.54, 1.807) is 24.5 Å². The van der Waals surface area contributed by atoms with Crippen molar-refractivity contribution in [3.63, 3.8) is 0 Å². The second-order valence-corrected chi connectivity index (χ2v) is 11.7. The normalized spacial score (nSPS) is 43.7. The topological polar surface area (TPSA) is 74.6 Å². The first kappa shape index (κ1) is 22.1. The van der Waals surface area contributed by atoms with Gasteiger partial charge in [-0.15, -0.1) is 0 Å². The van der Waals surface area contributed by atoms with Crippen molar-refractivity contribution in [3.8, 4) is 0 Å². The number of aliphatic hydroxyl groups excluding tert-OH is 1. The van der Waals surface area contributed by atoms with Crippen molar-refractivity contribution < 1.29 is 9.90 Å². The van der Waals surface area contributed by atoms with Gasteiger partial charge in [0.05, 0.1) is 6.10 Å². The van der Waals surface area contributed by atoms with E-state index in [1.807, 2.05) is 0 Å². The number of nitrogens with zero attached hydrogens (tertiary/aromatic N) is 2. The van der Waals surface area contributed by atoms with Crippen LogP contribution in [0.15, 0.2) is 29.6 Å². The van der Waals surface area contributed by atoms with E-state index >= 15 is 0 Å². The Bertz CT molecular complexity index is 886. The molecule has 1 amide bonds. The van der Waals surface area contributed by atoms with Crippen molar-refractivity contribution >= 4 is 11.6 Å². The highest BCUT2D eigenvalue weighted by molar-refractivity contribution is 5.95. The van der Waals surface area contributed by atoms with E-state index in [0.29, 0.717) is 22.8 Å². The number of rotatable bonds is 3. The first-order valence-electron chi connectivity index (χ1n) is 12.8. The molecular weight excluding hydrogens is 398 g/mol. The Morgan fingerprint density at radius 1 is 1.03 bits per heavy atom. The van der Waals surface area contributed by atoms with Crippen LogP contribution in [0.5, 0.6) is 0 Å². The Morgan fingerprint density at radius 3 is 2.53 bits per heavy atom. The van der Waals surface area contributed by atoms with Gasteiger partial charge in [0, 0.05) is 29.6 Å². The third-order valence-corrected chi connectivity index (χ3v) is 10.4. The Morgan fingerprint density at radius 2 is 1.75 bits per heavy atom. The molecule has 4 fully saturated rings. The molecule has 0 bridgehead atoms. The van der Waals surface area contributed by atoms with Crippen LogP contribution in [-0.4, -0.2) is 27.8 Å². The predicted molar refractivity (Wildman–Crippen MR) is 126 cm³/mol. The van der Waals surface area contributed by atoms with Gasteiger partial charge in [-0.1, -0.05) is 13.8 Å². The zero-order valence-electron chi connectivity index (χ0n) is 19.9. The Kier molecular flexibility index (Phi) is 5.68. The minimum Gasteiger partial charge on any atom is -0.393 e. The number of aliphatic hydroxyl groups is 1. The van der Waals surface area contributed by atoms with Gasteiger partial charge in [0.2, 0.25) is 0 Å². The number of carbonyl (C=O) groups is 1. The lowest BCUT2D eigenvalue weighted by Crippen LogP contribution is -2.54. The first-order chi connectivity index (χ1) is 15.3. The standard InChI is InChI=1S/C27H39N3O2/c1-17(29-30-25(32)18-10-14-28-15-11-18)22-6-7-23-21-5-4-19-16-20(31)8-12-26(19,2)24(21)9-13-27(22,23)3/h10-11,14-15,19-24,31H,4-9,12-13,16H2,1-3H3,(H,30,32)/t19-,20+,21-,22+,23+,24+,26+,27-/m1/s1. The van der Waals surface area contributed by atoms with Crippen LogP contribution in [0.1, 0.15) is 88.9 Å². The van der Waals surface area contributed by atoms with E-state index in [0.717, 1.165) is 36.3 Å². The predicted octanol–water partition coefficient (Wildman–Crippen LogP) is 5.21. The number of nitrogens with one attached hydrogen (secondary N) is 1. The van der Waals surface area contributed by atoms with Crippen LogP contribution in [-0.2, 0) is 0 Å². The molecule has 5 heteroatoms. The highest BCUT2D eigenvalue weighted by Gasteiger charge is 2.60. The fourth-order valence-corrected chi connectivity index (χ4v) is 8.71. The Labute approximate surface area is 192 Å². The first-order valence-corrected chi connectivity index (χ1v) is 12.8. The molecule has 1 heterocycles. The van der Waals surface area contributed by atoms with Gasteiger partial charge >= 0.3 is 0 Å². The molecule has 0 radical (unpaired) electrons. The molecule has 1 aromatic rings. The van der Waals surface area contributed by atoms with Gasteiger partial charge < -0.3 is 5.11 Å². The van der Waals surface area contributed by atoms with Crippen LogP contribution in [0.2, 0.25) is 0 Å². The molecular formula is C27H39N3O2. The van der Waals surface area contributed by atoms with Crippen molar-refractivity contribution in [2.75, 3.05) is 0 Å². The molecule has 174 valence electrons. The van der Waals surface area contributed by atoms with Crippen LogP contribution in [0.3, 0.4) is 0 Å². The number of carbonyl (C=O) groups excluding carboxylic acids is 1. The summed E-state index contributed by atoms with van der Waals surface area (Å²) in [5.41, 5.74) is 5.17. The maximum absolute atomic E-state index is 12.4. The second-order valence-electron chi connectivity index (χ2n) is 11.7. The van der Waals surface area contributed by atoms with Gasteiger partial charge in [-0.3, -0.25) is 9.78 Å². The monoisotopic (exact) mass is 437 g/mol. The summed E-state index contributed by atoms with van der Waals surface area (Å²) in [5.74, 6) is 3.38. The minimum atomic E-state index is -0.166. The molecule has 8 atom stereocenters. The molecule has 4 aliphatic rings. The number of hydrazone groups is 1. The average Bonchev–Trinajstić information content (AvgIpc) is 3.15. The van der Waals surface area contributed by atoms with Crippen molar-refractivity contribution in [2.45, 2.75) is 84.7 Å². The van der Waals surface area contributed by atoms with Gasteiger partial charge in [0.1, 0.15) is 0 Å². The van der Waals surface area contributed by atoms with Crippen LogP contribution >= 0.6 is 0 Å². The van der Waals surface area contributed by atoms with Crippen LogP contribution in [0.4, 0.5) is 0 Å². The Balaban J connectivity index is 1.31. The summed E-state index contributed by atoms with van der Waals surface area (Å²) >= 11 is 0. The largest absolute Gasteiger partial charge is 0.393 e. The lowest BCUT2D eigenvalue weighted by Gasteiger charge is -2.61. The third-order valence-electron chi connectivity index (χ3n) is 10.4. The molecule has 2 N–H and O–H groups in total. The van der Waals surface area contributed by atoms with E-state index < -0.39 is 0 Å². The number of fused-ring (bicyclic) bond motifs is 5. The molecule has 4 aliphatic carbocycles. The van der Waals surface area contributed by atoms with Gasteiger partial charge in [-0.05, 0) is 111 Å². The summed E-state index contributed by atoms with van der Waals surface area (Å²) in [7, 11) is 0. The molecule has 0 aromatic carbocycles. The highest BCUT2D eigenvalue weighted by atomic mass is 16.3. The van der Waals surface area contributed by atoms with Crippen molar-refractivity contribution in [2.24, 2.45) is 45.5 Å². The molecule has 5 rings (SSSR count). The summed E-state index contributed by atoms with van der Waals surface area (Å²) in [5, 5.41) is 14.8. The van der Waals surface area contributed by atoms with E-state index in [2.05, 4.69) is 36.3 Å². The second kappa shape index (κ2) is 8.23. The average molecular weight is 438 g/mol. The molecule has 0 unspecified atom stereocenters. The van der Waals surface area contributed by atoms with Gasteiger partial charge in [0.25, 0.3) is 5.91 Å². The molecule has 1 aromatic heterocycles. The number of hydrogen-bond acceptors (Lipinski definition) is 4. The van der Waals surface area contributed by atoms with Crippen molar-refractivity contribution in [1.29, 1.82) is 0 Å². The lowest BCUT2D eigenvalue weighted by molar-refractivity contribution is -0.123. The van der Waals surface area contributed by atoms with Gasteiger partial charge in [-0.25, -0.2) is 5.43 Å². The maximum atomic E-state index is 12.4. The Hall–Kier alpha value is -1.75. The van der Waals surface area contributed by atoms with Crippen molar-refractivity contribution in [1.82, 2.24) is 10.4 Å². The van der Waals surface area contributed by atoms with Crippen LogP contribution in [0, 0.1) is 40.4 Å². The summed E-state index contributed by atoms with van der Waals surface area (Å²) in [6, 6.07) is 3.44. The zero-order valence-corrected chi connectivity index (χ0v) is 19.9. The van der Waals surface area contributed by atoms with E-state index in [1.165, 1.54) is 44.9 Å². The minimum absolute atomic E-state index is 0.0736. The SMILES string of the molecule is CC(=NNC(=O)c1ccncc1)[C@@H]1CC[C@H]2[C@H]3CC[C@@H]4C[C@@H](O)CC[C@]4(C)[C@H]3CC[C@]12C. The number of hydrogen-bond donors (Lipinski definition) is 2. The quantitative estimate of drug-likeness (QED) is 0.504. The van der Waals surface area contributed by atoms with Gasteiger partial charge in [0.15, 0.2) is 0 Å². The number of pyridine rings is 1. The fraction of sp³-hybridized carbons (Fsp3) is 0.741. The molecule has 0 aliphatic heterocycles. The van der Waals surface area contributed by atoms with Gasteiger partial charge in [-0.2, -0.15) is 5.10 Å². The third kappa shape index (κ3) is 3.52. The van der Waals surface area contributed by atoms with E-state index in [9.17, 15) is 9.90 Å². The fourth-order valence-electron chi connectivity index (χ4n) is 8.71. The summed E-state index contributed by atoms with van der Waals surface area (Å²) in [6.45, 7) is 7.17. The molecule has 0 spiro atoms. The summed E-state index contributed by atoms with van der Waals surface area (Å²) < 4.78 is 0. The van der Waals surface area contributed by atoms with E-state index in [4.69, 9.17) is 0 Å². The smallest absolute Gasteiger partial charge is 0.271 e. The van der Waals surface area contributed by atoms with Crippen molar-refractivity contribution in [3.05, 3.63) is 30.1 Å². The van der Waals surface area contributed by atoms with Crippen LogP contribution in [0.25, 0.3) is 0 Å². The summed E-state index contributed by atoms with van der Waals surface area (Å²) in [6.07, 6.45) is 14.1. The summed E-state index contributed by atoms with van der Waals surface area (Å²) in [4.78, 5) is 16.4. The molecule has 0 saturated heterocycles. The van der Waals surface area contributed by atoms with Crippen LogP contribution < -0.4 is 5.43 Å². The number of aromatic nitrogens is 1. The lowest BCUT2D eigenvalue weighted by atomic mass is 9.44. The zero-order chi connectivity index (χ0) is 22.5.